The predicted molar refractivity (Wildman–Crippen MR) is 101 cm³/mol. The summed E-state index contributed by atoms with van der Waals surface area (Å²) in [6, 6.07) is 0. The van der Waals surface area contributed by atoms with Crippen LogP contribution in [0.2, 0.25) is 0 Å². The fourth-order valence-corrected chi connectivity index (χ4v) is 5.35. The van der Waals surface area contributed by atoms with E-state index in [2.05, 4.69) is 40.0 Å². The average Bonchev–Trinajstić information content (AvgIpc) is 2.51. The van der Waals surface area contributed by atoms with E-state index in [-0.39, 0.29) is 16.8 Å². The first-order valence-corrected chi connectivity index (χ1v) is 9.33. The maximum Gasteiger partial charge on any atom is 0.302 e. The van der Waals surface area contributed by atoms with Gasteiger partial charge < -0.3 is 4.74 Å². The molecule has 0 aliphatic heterocycles. The lowest BCUT2D eigenvalue weighted by molar-refractivity contribution is -0.152. The van der Waals surface area contributed by atoms with Gasteiger partial charge in [0, 0.05) is 12.3 Å². The molecule has 134 valence electrons. The molecule has 0 unspecified atom stereocenters. The summed E-state index contributed by atoms with van der Waals surface area (Å²) in [5.74, 6) is 0.943. The fourth-order valence-electron chi connectivity index (χ4n) is 5.35. The van der Waals surface area contributed by atoms with E-state index in [4.69, 9.17) is 4.74 Å². The quantitative estimate of drug-likeness (QED) is 0.359. The van der Waals surface area contributed by atoms with Crippen molar-refractivity contribution in [2.45, 2.75) is 66.2 Å². The largest absolute Gasteiger partial charge is 0.465 e. The lowest BCUT2D eigenvalue weighted by atomic mass is 9.47. The highest BCUT2D eigenvalue weighted by molar-refractivity contribution is 5.65. The maximum atomic E-state index is 11.3. The van der Waals surface area contributed by atoms with Gasteiger partial charge in [0.05, 0.1) is 6.61 Å². The Morgan fingerprint density at radius 1 is 1.33 bits per heavy atom. The van der Waals surface area contributed by atoms with Crippen molar-refractivity contribution in [1.29, 1.82) is 0 Å². The molecule has 0 aromatic heterocycles. The Kier molecular flexibility index (Phi) is 5.78. The monoisotopic (exact) mass is 330 g/mol. The Balaban J connectivity index is 2.27. The van der Waals surface area contributed by atoms with E-state index < -0.39 is 0 Å². The van der Waals surface area contributed by atoms with Crippen LogP contribution in [-0.4, -0.2) is 12.6 Å². The Morgan fingerprint density at radius 2 is 2.04 bits per heavy atom. The zero-order valence-corrected chi connectivity index (χ0v) is 16.0. The molecular weight excluding hydrogens is 296 g/mol. The van der Waals surface area contributed by atoms with Crippen molar-refractivity contribution in [3.63, 3.8) is 0 Å². The molecule has 2 aliphatic carbocycles. The summed E-state index contributed by atoms with van der Waals surface area (Å²) in [4.78, 5) is 11.3. The molecule has 2 aliphatic rings. The van der Waals surface area contributed by atoms with Crippen molar-refractivity contribution < 1.29 is 9.53 Å². The van der Waals surface area contributed by atoms with Gasteiger partial charge in [-0.05, 0) is 56.3 Å². The molecule has 2 nitrogen and oxygen atoms in total. The van der Waals surface area contributed by atoms with Crippen LogP contribution in [0.15, 0.2) is 36.5 Å². The van der Waals surface area contributed by atoms with Crippen LogP contribution in [0.1, 0.15) is 66.2 Å². The molecule has 4 atom stereocenters. The second-order valence-electron chi connectivity index (χ2n) is 8.48. The number of esters is 1. The van der Waals surface area contributed by atoms with E-state index in [0.717, 1.165) is 19.3 Å². The molecule has 0 aromatic rings. The third-order valence-corrected chi connectivity index (χ3v) is 6.75. The maximum absolute atomic E-state index is 11.3. The Labute approximate surface area is 148 Å². The van der Waals surface area contributed by atoms with Gasteiger partial charge in [-0.2, -0.15) is 0 Å². The average molecular weight is 331 g/mol. The molecule has 0 bridgehead atoms. The lowest BCUT2D eigenvalue weighted by Crippen LogP contribution is -2.52. The van der Waals surface area contributed by atoms with E-state index >= 15 is 0 Å². The third kappa shape index (κ3) is 3.68. The zero-order chi connectivity index (χ0) is 18.0. The topological polar surface area (TPSA) is 26.3 Å². The van der Waals surface area contributed by atoms with Crippen LogP contribution in [0.4, 0.5) is 0 Å². The number of hydrogen-bond donors (Lipinski definition) is 0. The summed E-state index contributed by atoms with van der Waals surface area (Å²) in [5, 5.41) is 0. The van der Waals surface area contributed by atoms with Gasteiger partial charge in [0.15, 0.2) is 0 Å². The van der Waals surface area contributed by atoms with Gasteiger partial charge in [-0.25, -0.2) is 0 Å². The molecule has 0 amide bonds. The van der Waals surface area contributed by atoms with Crippen LogP contribution in [0.5, 0.6) is 0 Å². The van der Waals surface area contributed by atoms with Gasteiger partial charge in [-0.1, -0.05) is 56.7 Å². The first-order chi connectivity index (χ1) is 11.2. The molecule has 2 fully saturated rings. The van der Waals surface area contributed by atoms with Gasteiger partial charge in [0.25, 0.3) is 0 Å². The number of ether oxygens (including phenoxy) is 1. The molecule has 0 aromatic carbocycles. The molecule has 0 spiro atoms. The van der Waals surface area contributed by atoms with Crippen LogP contribution in [0.3, 0.4) is 0 Å². The Morgan fingerprint density at radius 3 is 2.67 bits per heavy atom. The number of allylic oxidation sites excluding steroid dienone is 4. The van der Waals surface area contributed by atoms with Crippen molar-refractivity contribution in [3.8, 4) is 0 Å². The lowest BCUT2D eigenvalue weighted by Gasteiger charge is -2.58. The summed E-state index contributed by atoms with van der Waals surface area (Å²) < 4.78 is 5.47. The van der Waals surface area contributed by atoms with E-state index in [9.17, 15) is 4.79 Å². The summed E-state index contributed by atoms with van der Waals surface area (Å²) in [7, 11) is 0. The van der Waals surface area contributed by atoms with Crippen LogP contribution < -0.4 is 0 Å². The highest BCUT2D eigenvalue weighted by Gasteiger charge is 2.54. The van der Waals surface area contributed by atoms with E-state index in [1.54, 1.807) is 0 Å². The minimum absolute atomic E-state index is 0.0921. The third-order valence-electron chi connectivity index (χ3n) is 6.75. The molecule has 24 heavy (non-hydrogen) atoms. The molecule has 2 saturated carbocycles. The summed E-state index contributed by atoms with van der Waals surface area (Å²) in [5.41, 5.74) is 2.99. The number of fused-ring (bicyclic) bond motifs is 1. The summed E-state index contributed by atoms with van der Waals surface area (Å²) >= 11 is 0. The highest BCUT2D eigenvalue weighted by Crippen LogP contribution is 2.61. The number of rotatable bonds is 5. The second-order valence-corrected chi connectivity index (χ2v) is 8.48. The number of hydrogen-bond acceptors (Lipinski definition) is 2. The molecule has 0 N–H and O–H groups in total. The van der Waals surface area contributed by atoms with Gasteiger partial charge in [-0.15, -0.1) is 0 Å². The molecular formula is C22H34O2. The number of carbonyl (C=O) groups excluding carboxylic acids is 1. The highest BCUT2D eigenvalue weighted by atomic mass is 16.5. The van der Waals surface area contributed by atoms with Crippen molar-refractivity contribution in [1.82, 2.24) is 0 Å². The molecule has 0 radical (unpaired) electrons. The first kappa shape index (κ1) is 19.0. The van der Waals surface area contributed by atoms with Crippen molar-refractivity contribution in [3.05, 3.63) is 36.5 Å². The minimum Gasteiger partial charge on any atom is -0.465 e. The van der Waals surface area contributed by atoms with Crippen LogP contribution in [-0.2, 0) is 9.53 Å². The predicted octanol–water partition coefficient (Wildman–Crippen LogP) is 5.85. The van der Waals surface area contributed by atoms with Crippen LogP contribution in [0.25, 0.3) is 0 Å². The van der Waals surface area contributed by atoms with Gasteiger partial charge in [0.1, 0.15) is 0 Å². The fraction of sp³-hybridized carbons (Fsp3) is 0.682. The number of carbonyl (C=O) groups is 1. The molecule has 2 rings (SSSR count). The van der Waals surface area contributed by atoms with E-state index in [1.807, 2.05) is 6.08 Å². The van der Waals surface area contributed by atoms with Gasteiger partial charge in [0.2, 0.25) is 0 Å². The van der Waals surface area contributed by atoms with Gasteiger partial charge >= 0.3 is 5.97 Å². The van der Waals surface area contributed by atoms with Crippen molar-refractivity contribution in [2.24, 2.45) is 22.7 Å². The summed E-state index contributed by atoms with van der Waals surface area (Å²) in [6.07, 6.45) is 11.2. The van der Waals surface area contributed by atoms with Crippen molar-refractivity contribution >= 4 is 5.97 Å². The van der Waals surface area contributed by atoms with E-state index in [1.165, 1.54) is 37.3 Å². The molecule has 0 heterocycles. The Bertz CT molecular complexity index is 544. The molecule has 2 heteroatoms. The normalized spacial score (nSPS) is 36.8. The smallest absolute Gasteiger partial charge is 0.302 e. The Hall–Kier alpha value is -1.31. The van der Waals surface area contributed by atoms with Crippen molar-refractivity contribution in [2.75, 3.05) is 6.61 Å². The molecule has 0 saturated heterocycles. The van der Waals surface area contributed by atoms with Crippen LogP contribution in [0, 0.1) is 22.7 Å². The zero-order valence-electron chi connectivity index (χ0n) is 16.0. The van der Waals surface area contributed by atoms with E-state index in [0.29, 0.717) is 18.4 Å². The second kappa shape index (κ2) is 7.29. The standard InChI is InChI=1S/C22H34O2/c1-7-16(2)9-11-19-17(3)10-12-20-21(5,15-24-18(4)23)13-8-14-22(19,20)6/h7,9,19-20H,1,3,8,10-15H2,2,4-6H3/t19-,20-,21+,22+/m0/s1. The van der Waals surface area contributed by atoms with Crippen LogP contribution >= 0.6 is 0 Å². The first-order valence-electron chi connectivity index (χ1n) is 9.33. The minimum atomic E-state index is -0.162. The summed E-state index contributed by atoms with van der Waals surface area (Å²) in [6.45, 7) is 17.3. The van der Waals surface area contributed by atoms with Gasteiger partial charge in [-0.3, -0.25) is 4.79 Å². The SMILES string of the molecule is C=CC(C)=CC[C@H]1C(=C)CC[C@H]2[C@@](C)(COC(C)=O)CCC[C@]12C.